The van der Waals surface area contributed by atoms with E-state index in [2.05, 4.69) is 0 Å². The van der Waals surface area contributed by atoms with E-state index in [1.807, 2.05) is 57.2 Å². The summed E-state index contributed by atoms with van der Waals surface area (Å²) in [7, 11) is 1.38. The normalized spacial score (nSPS) is 17.2. The fourth-order valence-corrected chi connectivity index (χ4v) is 5.92. The standard InChI is InChI=1S/C34H35FN2O4/c1-5-23(36)6-12-29(37)21-14-19(2)33(20(3)15-21)26-9-11-28(35)34-27(26)10-13-30(34)41-24-7-8-25-22(16-32(38)39-4)18-40-31(25)17-24/h6-9,11-12,14-15,17,22,30,36-37H,5,10,13,16,18H2,1-4H3/b12-6-,36-23?,37-29?/t22-,30-/m1/s1. The van der Waals surface area contributed by atoms with Crippen LogP contribution in [0.25, 0.3) is 11.1 Å². The van der Waals surface area contributed by atoms with Crippen LogP contribution in [-0.2, 0) is 16.0 Å². The highest BCUT2D eigenvalue weighted by molar-refractivity contribution is 6.10. The van der Waals surface area contributed by atoms with Crippen molar-refractivity contribution in [2.75, 3.05) is 13.7 Å². The predicted molar refractivity (Wildman–Crippen MR) is 158 cm³/mol. The molecular formula is C34H35FN2O4. The quantitative estimate of drug-likeness (QED) is 0.211. The molecule has 0 saturated heterocycles. The number of fused-ring (bicyclic) bond motifs is 2. The highest BCUT2D eigenvalue weighted by atomic mass is 19.1. The first kappa shape index (κ1) is 28.3. The summed E-state index contributed by atoms with van der Waals surface area (Å²) >= 11 is 0. The summed E-state index contributed by atoms with van der Waals surface area (Å²) in [5, 5.41) is 16.3. The van der Waals surface area contributed by atoms with Crippen LogP contribution in [0.15, 0.2) is 54.6 Å². The number of methoxy groups -OCH3 is 1. The highest BCUT2D eigenvalue weighted by Gasteiger charge is 2.32. The van der Waals surface area contributed by atoms with E-state index >= 15 is 4.39 Å². The van der Waals surface area contributed by atoms with Gasteiger partial charge in [0.2, 0.25) is 0 Å². The van der Waals surface area contributed by atoms with Gasteiger partial charge in [0, 0.05) is 28.8 Å². The average molecular weight is 555 g/mol. The van der Waals surface area contributed by atoms with Gasteiger partial charge in [-0.3, -0.25) is 4.79 Å². The van der Waals surface area contributed by atoms with Gasteiger partial charge in [-0.15, -0.1) is 0 Å². The van der Waals surface area contributed by atoms with Crippen molar-refractivity contribution in [1.29, 1.82) is 10.8 Å². The molecule has 3 aromatic carbocycles. The van der Waals surface area contributed by atoms with Crippen molar-refractivity contribution in [2.45, 2.75) is 58.5 Å². The molecule has 0 fully saturated rings. The van der Waals surface area contributed by atoms with Crippen molar-refractivity contribution in [3.05, 3.63) is 93.8 Å². The molecule has 41 heavy (non-hydrogen) atoms. The minimum absolute atomic E-state index is 0.0545. The monoisotopic (exact) mass is 554 g/mol. The molecule has 7 heteroatoms. The number of allylic oxidation sites excluding steroid dienone is 2. The Bertz CT molecular complexity index is 1550. The molecule has 1 aliphatic carbocycles. The number of carbonyl (C=O) groups excluding carboxylic acids is 1. The molecule has 6 nitrogen and oxygen atoms in total. The van der Waals surface area contributed by atoms with Gasteiger partial charge in [-0.05, 0) is 103 Å². The number of hydrogen-bond acceptors (Lipinski definition) is 6. The fraction of sp³-hybridized carbons (Fsp3) is 0.324. The first-order valence-corrected chi connectivity index (χ1v) is 14.0. The number of hydrogen-bond donors (Lipinski definition) is 2. The number of aryl methyl sites for hydroxylation is 2. The van der Waals surface area contributed by atoms with Crippen molar-refractivity contribution in [3.63, 3.8) is 0 Å². The van der Waals surface area contributed by atoms with Crippen LogP contribution < -0.4 is 9.47 Å². The summed E-state index contributed by atoms with van der Waals surface area (Å²) in [4.78, 5) is 11.7. The maximum Gasteiger partial charge on any atom is 0.306 e. The summed E-state index contributed by atoms with van der Waals surface area (Å²) in [6.45, 7) is 6.37. The van der Waals surface area contributed by atoms with Crippen molar-refractivity contribution in [1.82, 2.24) is 0 Å². The first-order valence-electron chi connectivity index (χ1n) is 14.0. The summed E-state index contributed by atoms with van der Waals surface area (Å²) in [6.07, 6.45) is 5.13. The minimum atomic E-state index is -0.428. The van der Waals surface area contributed by atoms with Crippen LogP contribution in [0.5, 0.6) is 11.5 Å². The van der Waals surface area contributed by atoms with Gasteiger partial charge in [-0.2, -0.15) is 0 Å². The summed E-state index contributed by atoms with van der Waals surface area (Å²) in [5.41, 5.74) is 8.18. The molecule has 5 rings (SSSR count). The molecule has 0 radical (unpaired) electrons. The summed E-state index contributed by atoms with van der Waals surface area (Å²) in [6, 6.07) is 12.9. The van der Waals surface area contributed by atoms with Crippen LogP contribution in [0.2, 0.25) is 0 Å². The fourth-order valence-electron chi connectivity index (χ4n) is 5.92. The number of rotatable bonds is 9. The van der Waals surface area contributed by atoms with Crippen molar-refractivity contribution < 1.29 is 23.4 Å². The third-order valence-corrected chi connectivity index (χ3v) is 8.01. The number of ether oxygens (including phenoxy) is 3. The van der Waals surface area contributed by atoms with E-state index < -0.39 is 6.10 Å². The lowest BCUT2D eigenvalue weighted by Crippen LogP contribution is -2.09. The maximum atomic E-state index is 15.3. The van der Waals surface area contributed by atoms with Gasteiger partial charge >= 0.3 is 5.97 Å². The number of esters is 1. The van der Waals surface area contributed by atoms with E-state index in [0.29, 0.717) is 54.4 Å². The zero-order valence-corrected chi connectivity index (χ0v) is 23.9. The molecule has 3 aromatic rings. The van der Waals surface area contributed by atoms with E-state index in [-0.39, 0.29) is 24.1 Å². The largest absolute Gasteiger partial charge is 0.492 e. The van der Waals surface area contributed by atoms with Gasteiger partial charge in [0.25, 0.3) is 0 Å². The zero-order chi connectivity index (χ0) is 29.3. The maximum absolute atomic E-state index is 15.3. The molecule has 2 N–H and O–H groups in total. The molecular weight excluding hydrogens is 519 g/mol. The SMILES string of the molecule is CCC(=N)/C=C\C(=N)c1cc(C)c(-c2ccc(F)c3c2CC[C@H]3Oc2ccc3c(c2)OC[C@H]3CC(=O)OC)c(C)c1. The van der Waals surface area contributed by atoms with E-state index in [9.17, 15) is 4.79 Å². The first-order chi connectivity index (χ1) is 19.7. The summed E-state index contributed by atoms with van der Waals surface area (Å²) < 4.78 is 32.3. The number of carbonyl (C=O) groups is 1. The topological polar surface area (TPSA) is 92.5 Å². The molecule has 2 aliphatic rings. The third-order valence-electron chi connectivity index (χ3n) is 8.01. The van der Waals surface area contributed by atoms with E-state index in [4.69, 9.17) is 25.0 Å². The summed E-state index contributed by atoms with van der Waals surface area (Å²) in [5.74, 6) is 0.677. The Labute approximate surface area is 240 Å². The van der Waals surface area contributed by atoms with Gasteiger partial charge in [-0.25, -0.2) is 4.39 Å². The number of benzene rings is 3. The Hall–Kier alpha value is -4.26. The highest BCUT2D eigenvalue weighted by Crippen LogP contribution is 2.45. The Morgan fingerprint density at radius 1 is 1.10 bits per heavy atom. The van der Waals surface area contributed by atoms with Crippen LogP contribution in [0.1, 0.15) is 71.6 Å². The van der Waals surface area contributed by atoms with Crippen LogP contribution in [0, 0.1) is 30.5 Å². The lowest BCUT2D eigenvalue weighted by molar-refractivity contribution is -0.141. The molecule has 1 heterocycles. The Morgan fingerprint density at radius 2 is 1.85 bits per heavy atom. The second-order valence-corrected chi connectivity index (χ2v) is 10.7. The second-order valence-electron chi connectivity index (χ2n) is 10.7. The van der Waals surface area contributed by atoms with Gasteiger partial charge in [0.15, 0.2) is 0 Å². The Balaban J connectivity index is 1.41. The molecule has 0 saturated carbocycles. The smallest absolute Gasteiger partial charge is 0.306 e. The van der Waals surface area contributed by atoms with Crippen LogP contribution in [-0.4, -0.2) is 31.1 Å². The lowest BCUT2D eigenvalue weighted by Gasteiger charge is -2.19. The van der Waals surface area contributed by atoms with Crippen LogP contribution >= 0.6 is 0 Å². The zero-order valence-electron chi connectivity index (χ0n) is 23.9. The third kappa shape index (κ3) is 5.67. The van der Waals surface area contributed by atoms with E-state index in [1.54, 1.807) is 12.2 Å². The molecule has 0 unspecified atom stereocenters. The van der Waals surface area contributed by atoms with Crippen molar-refractivity contribution in [3.8, 4) is 22.6 Å². The molecule has 0 amide bonds. The lowest BCUT2D eigenvalue weighted by atomic mass is 9.88. The molecule has 0 bridgehead atoms. The van der Waals surface area contributed by atoms with Gasteiger partial charge in [0.05, 0.1) is 25.8 Å². The van der Waals surface area contributed by atoms with E-state index in [0.717, 1.165) is 38.9 Å². The van der Waals surface area contributed by atoms with Crippen LogP contribution in [0.4, 0.5) is 4.39 Å². The Morgan fingerprint density at radius 3 is 2.56 bits per heavy atom. The minimum Gasteiger partial charge on any atom is -0.492 e. The van der Waals surface area contributed by atoms with Gasteiger partial charge in [-0.1, -0.05) is 19.1 Å². The van der Waals surface area contributed by atoms with Gasteiger partial charge < -0.3 is 25.0 Å². The predicted octanol–water partition coefficient (Wildman–Crippen LogP) is 7.57. The number of nitrogens with one attached hydrogen (secondary N) is 2. The molecule has 0 aromatic heterocycles. The van der Waals surface area contributed by atoms with Crippen molar-refractivity contribution in [2.24, 2.45) is 0 Å². The molecule has 212 valence electrons. The average Bonchev–Trinajstić information content (AvgIpc) is 3.56. The van der Waals surface area contributed by atoms with E-state index in [1.165, 1.54) is 13.2 Å². The second kappa shape index (κ2) is 11.7. The van der Waals surface area contributed by atoms with Crippen molar-refractivity contribution >= 4 is 17.4 Å². The molecule has 0 spiro atoms. The number of halogens is 1. The molecule has 2 atom stereocenters. The Kier molecular flexibility index (Phi) is 8.06. The molecule has 1 aliphatic heterocycles. The van der Waals surface area contributed by atoms with Gasteiger partial charge in [0.1, 0.15) is 23.4 Å². The van der Waals surface area contributed by atoms with Crippen LogP contribution in [0.3, 0.4) is 0 Å².